The minimum atomic E-state index is -1.58. The van der Waals surface area contributed by atoms with Crippen LogP contribution in [-0.2, 0) is 0 Å². The molecular formula is C88H58BBrN12O2. The van der Waals surface area contributed by atoms with Gasteiger partial charge in [-0.15, -0.1) is 0 Å². The van der Waals surface area contributed by atoms with E-state index < -0.39 is 7.12 Å². The zero-order valence-corrected chi connectivity index (χ0v) is 57.1. The number of nitrogens with zero attached hydrogens (tertiary/aromatic N) is 12. The highest BCUT2D eigenvalue weighted by Gasteiger charge is 2.23. The summed E-state index contributed by atoms with van der Waals surface area (Å²) in [6.45, 7) is 0. The lowest BCUT2D eigenvalue weighted by atomic mass is 9.80. The van der Waals surface area contributed by atoms with E-state index in [2.05, 4.69) is 174 Å². The van der Waals surface area contributed by atoms with E-state index in [1.807, 2.05) is 193 Å². The molecule has 0 unspecified atom stereocenters. The SMILES string of the molecule is Brc1ccc2c(c1)c1ncccc1n2-c1ccccc1.OB(O)c1ccc2c3ccccc3n(-c3nc(-c4ccccc4)nc(-c4ccccc4)n3)c2c1.c1ccc(-c2nc(-c3ccccc3)nc(-n3c4ccccc4c4ccc(-c5ccc6c(c5)c5ncccc5n6-c5ccccc5)cc43)n2)cc1. The van der Waals surface area contributed by atoms with Crippen LogP contribution in [0.3, 0.4) is 0 Å². The molecule has 0 aliphatic carbocycles. The van der Waals surface area contributed by atoms with Crippen molar-refractivity contribution in [3.8, 4) is 79.9 Å². The Kier molecular flexibility index (Phi) is 16.3. The molecule has 8 heterocycles. The summed E-state index contributed by atoms with van der Waals surface area (Å²) in [7, 11) is -1.58. The number of para-hydroxylation sites is 4. The number of pyridine rings is 2. The van der Waals surface area contributed by atoms with Crippen LogP contribution in [0.5, 0.6) is 0 Å². The average molecular weight is 1410 g/mol. The van der Waals surface area contributed by atoms with Crippen LogP contribution in [0, 0.1) is 0 Å². The maximum absolute atomic E-state index is 9.81. The van der Waals surface area contributed by atoms with E-state index in [1.165, 1.54) is 10.9 Å². The van der Waals surface area contributed by atoms with Gasteiger partial charge in [-0.05, 0) is 120 Å². The summed E-state index contributed by atoms with van der Waals surface area (Å²) in [5.74, 6) is 3.42. The van der Waals surface area contributed by atoms with Gasteiger partial charge < -0.3 is 19.2 Å². The fourth-order valence-corrected chi connectivity index (χ4v) is 14.4. The van der Waals surface area contributed by atoms with Gasteiger partial charge in [0.1, 0.15) is 0 Å². The van der Waals surface area contributed by atoms with Crippen LogP contribution in [0.25, 0.3) is 167 Å². The van der Waals surface area contributed by atoms with Crippen LogP contribution in [0.4, 0.5) is 0 Å². The Balaban J connectivity index is 0.000000122. The number of aromatic nitrogens is 12. The number of halogens is 1. The lowest BCUT2D eigenvalue weighted by molar-refractivity contribution is 0.426. The van der Waals surface area contributed by atoms with Crippen molar-refractivity contribution in [2.75, 3.05) is 0 Å². The third-order valence-corrected chi connectivity index (χ3v) is 19.3. The van der Waals surface area contributed by atoms with Crippen LogP contribution in [-0.4, -0.2) is 75.3 Å². The molecule has 16 heteroatoms. The largest absolute Gasteiger partial charge is 0.488 e. The second-order valence-electron chi connectivity index (χ2n) is 25.1. The molecule has 0 bridgehead atoms. The zero-order valence-electron chi connectivity index (χ0n) is 55.5. The van der Waals surface area contributed by atoms with Crippen LogP contribution < -0.4 is 5.46 Å². The zero-order chi connectivity index (χ0) is 69.6. The van der Waals surface area contributed by atoms with Gasteiger partial charge in [-0.3, -0.25) is 19.1 Å². The highest BCUT2D eigenvalue weighted by atomic mass is 79.9. The molecule has 8 aromatic heterocycles. The molecule has 12 aromatic carbocycles. The van der Waals surface area contributed by atoms with Gasteiger partial charge in [0, 0.05) is 82.8 Å². The van der Waals surface area contributed by atoms with E-state index in [0.29, 0.717) is 40.7 Å². The van der Waals surface area contributed by atoms with Crippen LogP contribution in [0.1, 0.15) is 0 Å². The molecule has 0 saturated heterocycles. The molecule has 104 heavy (non-hydrogen) atoms. The highest BCUT2D eigenvalue weighted by Crippen LogP contribution is 2.40. The Morgan fingerprint density at radius 1 is 0.250 bits per heavy atom. The predicted molar refractivity (Wildman–Crippen MR) is 424 cm³/mol. The molecule has 20 aromatic rings. The van der Waals surface area contributed by atoms with Crippen molar-refractivity contribution in [3.63, 3.8) is 0 Å². The van der Waals surface area contributed by atoms with Gasteiger partial charge in [-0.1, -0.05) is 240 Å². The van der Waals surface area contributed by atoms with Crippen LogP contribution in [0.15, 0.2) is 344 Å². The molecule has 0 spiro atoms. The summed E-state index contributed by atoms with van der Waals surface area (Å²) in [5.41, 5.74) is 18.8. The van der Waals surface area contributed by atoms with Gasteiger partial charge >= 0.3 is 7.12 Å². The van der Waals surface area contributed by atoms with E-state index in [1.54, 1.807) is 12.1 Å². The highest BCUT2D eigenvalue weighted by molar-refractivity contribution is 9.10. The first-order valence-electron chi connectivity index (χ1n) is 34.1. The molecule has 0 saturated carbocycles. The first kappa shape index (κ1) is 62.8. The van der Waals surface area contributed by atoms with Crippen molar-refractivity contribution < 1.29 is 10.0 Å². The van der Waals surface area contributed by atoms with E-state index in [9.17, 15) is 10.0 Å². The van der Waals surface area contributed by atoms with Crippen molar-refractivity contribution in [1.82, 2.24) is 58.1 Å². The molecule has 20 rings (SSSR count). The molecule has 0 aliphatic heterocycles. The smallest absolute Gasteiger partial charge is 0.423 e. The van der Waals surface area contributed by atoms with Gasteiger partial charge in [-0.25, -0.2) is 9.97 Å². The topological polar surface area (TPSA) is 163 Å². The third-order valence-electron chi connectivity index (χ3n) is 18.8. The first-order chi connectivity index (χ1) is 51.3. The first-order valence-corrected chi connectivity index (χ1v) is 34.8. The average Bonchev–Trinajstić information content (AvgIpc) is 1.57. The summed E-state index contributed by atoms with van der Waals surface area (Å²) in [6, 6.07) is 111. The Morgan fingerprint density at radius 2 is 0.596 bits per heavy atom. The molecule has 14 nitrogen and oxygen atoms in total. The predicted octanol–water partition coefficient (Wildman–Crippen LogP) is 19.4. The number of benzene rings is 12. The minimum absolute atomic E-state index is 0.400. The molecule has 0 atom stereocenters. The van der Waals surface area contributed by atoms with Gasteiger partial charge in [0.25, 0.3) is 0 Å². The van der Waals surface area contributed by atoms with Crippen molar-refractivity contribution in [2.24, 2.45) is 0 Å². The van der Waals surface area contributed by atoms with Gasteiger partial charge in [0.15, 0.2) is 23.3 Å². The quantitative estimate of drug-likeness (QED) is 0.126. The standard InChI is InChI=1S/C44H28N6.C27H19BN4O2.C17H11BrN2/c1-4-13-29(14-5-1)42-46-43(30-15-6-2-7-16-30)48-44(47-42)50-37-20-11-10-19-34(37)35-24-22-32(28-40(35)50)31-23-25-38-36(27-31)41-39(21-12-26-45-41)49(38)33-17-8-3-9-18-33;33-28(34)20-15-16-22-21-13-7-8-14-23(21)32(24(22)17-20)27-30-25(18-9-3-1-4-10-18)29-26(31-27)19-11-5-2-6-12-19;18-12-8-9-15-14(11-12)17-16(7-4-10-19-17)20(15)13-5-2-1-3-6-13/h1-28H;1-17,33-34H;1-11H. The molecule has 0 amide bonds. The normalized spacial score (nSPS) is 11.4. The van der Waals surface area contributed by atoms with Crippen molar-refractivity contribution in [1.29, 1.82) is 0 Å². The van der Waals surface area contributed by atoms with E-state index in [0.717, 1.165) is 126 Å². The number of hydrogen-bond acceptors (Lipinski definition) is 10. The van der Waals surface area contributed by atoms with Crippen LogP contribution in [0.2, 0.25) is 0 Å². The van der Waals surface area contributed by atoms with Gasteiger partial charge in [0.05, 0.1) is 55.2 Å². The summed E-state index contributed by atoms with van der Waals surface area (Å²) >= 11 is 3.55. The maximum Gasteiger partial charge on any atom is 0.488 e. The maximum atomic E-state index is 9.81. The molecule has 0 radical (unpaired) electrons. The Hall–Kier alpha value is -13.4. The van der Waals surface area contributed by atoms with Gasteiger partial charge in [0.2, 0.25) is 11.9 Å². The summed E-state index contributed by atoms with van der Waals surface area (Å²) in [4.78, 5) is 39.1. The Morgan fingerprint density at radius 3 is 1.05 bits per heavy atom. The van der Waals surface area contributed by atoms with Crippen molar-refractivity contribution in [3.05, 3.63) is 344 Å². The molecular weight excluding hydrogens is 1350 g/mol. The molecule has 492 valence electrons. The second kappa shape index (κ2) is 26.9. The van der Waals surface area contributed by atoms with Crippen LogP contribution >= 0.6 is 15.9 Å². The second-order valence-corrected chi connectivity index (χ2v) is 26.0. The monoisotopic (exact) mass is 1400 g/mol. The van der Waals surface area contributed by atoms with E-state index in [-0.39, 0.29) is 0 Å². The molecule has 0 aliphatic rings. The summed E-state index contributed by atoms with van der Waals surface area (Å²) < 4.78 is 9.75. The van der Waals surface area contributed by atoms with Crippen molar-refractivity contribution in [2.45, 2.75) is 0 Å². The lowest BCUT2D eigenvalue weighted by Gasteiger charge is -2.11. The lowest BCUT2D eigenvalue weighted by Crippen LogP contribution is -2.29. The fraction of sp³-hybridized carbons (Fsp3) is 0. The number of hydrogen-bond donors (Lipinski definition) is 2. The summed E-state index contributed by atoms with van der Waals surface area (Å²) in [5, 5.41) is 26.2. The van der Waals surface area contributed by atoms with Crippen molar-refractivity contribution >= 4 is 116 Å². The third kappa shape index (κ3) is 11.6. The minimum Gasteiger partial charge on any atom is -0.423 e. The number of rotatable bonds is 10. The number of fused-ring (bicyclic) bond motifs is 12. The van der Waals surface area contributed by atoms with E-state index >= 15 is 0 Å². The Bertz CT molecular complexity index is 6480. The summed E-state index contributed by atoms with van der Waals surface area (Å²) in [6.07, 6.45) is 3.72. The van der Waals surface area contributed by atoms with Gasteiger partial charge in [-0.2, -0.15) is 19.9 Å². The fourth-order valence-electron chi connectivity index (χ4n) is 14.1. The molecule has 2 N–H and O–H groups in total. The Labute approximate surface area is 604 Å². The van der Waals surface area contributed by atoms with E-state index in [4.69, 9.17) is 34.9 Å². The molecule has 0 fully saturated rings.